The molecule has 28 heavy (non-hydrogen) atoms. The number of fused-ring (bicyclic) bond motifs is 1. The molecule has 0 atom stereocenters. The van der Waals surface area contributed by atoms with Gasteiger partial charge in [0, 0.05) is 34.6 Å². The van der Waals surface area contributed by atoms with E-state index in [1.165, 1.54) is 0 Å². The number of anilines is 1. The molecule has 0 saturated carbocycles. The molecule has 146 valence electrons. The quantitative estimate of drug-likeness (QED) is 0.626. The molecule has 0 aliphatic rings. The monoisotopic (exact) mass is 380 g/mol. The summed E-state index contributed by atoms with van der Waals surface area (Å²) in [5, 5.41) is 3.72. The Morgan fingerprint density at radius 3 is 2.50 bits per heavy atom. The Labute approximate surface area is 164 Å². The van der Waals surface area contributed by atoms with E-state index in [0.29, 0.717) is 22.7 Å². The van der Waals surface area contributed by atoms with Gasteiger partial charge in [0.05, 0.1) is 19.9 Å². The number of benzene rings is 2. The third-order valence-electron chi connectivity index (χ3n) is 4.57. The third-order valence-corrected chi connectivity index (χ3v) is 4.57. The first kappa shape index (κ1) is 19.5. The van der Waals surface area contributed by atoms with Gasteiger partial charge in [0.1, 0.15) is 18.0 Å². The molecule has 1 N–H and O–H groups in total. The highest BCUT2D eigenvalue weighted by molar-refractivity contribution is 6.09. The molecule has 0 aliphatic heterocycles. The zero-order valence-corrected chi connectivity index (χ0v) is 16.5. The molecule has 0 radical (unpaired) electrons. The van der Waals surface area contributed by atoms with Crippen LogP contribution in [0, 0.1) is 5.92 Å². The highest BCUT2D eigenvalue weighted by atomic mass is 16.5. The van der Waals surface area contributed by atoms with Crippen molar-refractivity contribution in [1.82, 2.24) is 4.57 Å². The molecule has 1 aromatic heterocycles. The Morgan fingerprint density at radius 1 is 1.07 bits per heavy atom. The van der Waals surface area contributed by atoms with Gasteiger partial charge in [0.15, 0.2) is 5.78 Å². The average Bonchev–Trinajstić information content (AvgIpc) is 3.05. The Bertz CT molecular complexity index is 1020. The summed E-state index contributed by atoms with van der Waals surface area (Å²) in [7, 11) is 3.10. The van der Waals surface area contributed by atoms with Gasteiger partial charge >= 0.3 is 0 Å². The van der Waals surface area contributed by atoms with Crippen molar-refractivity contribution >= 4 is 28.3 Å². The number of rotatable bonds is 7. The first-order valence-corrected chi connectivity index (χ1v) is 9.08. The number of hydrogen-bond acceptors (Lipinski definition) is 4. The second-order valence-electron chi connectivity index (χ2n) is 6.82. The molecule has 0 bridgehead atoms. The number of methoxy groups -OCH3 is 2. The van der Waals surface area contributed by atoms with E-state index in [-0.39, 0.29) is 24.2 Å². The molecule has 3 rings (SSSR count). The van der Waals surface area contributed by atoms with E-state index in [1.54, 1.807) is 43.2 Å². The summed E-state index contributed by atoms with van der Waals surface area (Å²) >= 11 is 0. The topological polar surface area (TPSA) is 69.6 Å². The summed E-state index contributed by atoms with van der Waals surface area (Å²) in [6.45, 7) is 3.82. The molecule has 0 unspecified atom stereocenters. The Morgan fingerprint density at radius 2 is 1.82 bits per heavy atom. The average molecular weight is 380 g/mol. The van der Waals surface area contributed by atoms with Crippen molar-refractivity contribution in [2.24, 2.45) is 5.92 Å². The van der Waals surface area contributed by atoms with Gasteiger partial charge in [-0.05, 0) is 18.2 Å². The highest BCUT2D eigenvalue weighted by Crippen LogP contribution is 2.29. The van der Waals surface area contributed by atoms with Crippen molar-refractivity contribution in [3.63, 3.8) is 0 Å². The van der Waals surface area contributed by atoms with E-state index in [4.69, 9.17) is 9.47 Å². The molecular formula is C22H24N2O4. The van der Waals surface area contributed by atoms with Gasteiger partial charge in [0.2, 0.25) is 5.91 Å². The van der Waals surface area contributed by atoms with Crippen LogP contribution in [0.1, 0.15) is 24.2 Å². The fourth-order valence-electron chi connectivity index (χ4n) is 3.14. The number of hydrogen-bond donors (Lipinski definition) is 1. The summed E-state index contributed by atoms with van der Waals surface area (Å²) < 4.78 is 12.3. The maximum absolute atomic E-state index is 12.7. The minimum atomic E-state index is -0.226. The standard InChI is InChI=1S/C22H24N2O4/c1-14(2)22(26)17-12-24(19-8-6-5-7-16(17)19)13-21(25)23-18-11-15(27-3)9-10-20(18)28-4/h5-12,14H,13H2,1-4H3,(H,23,25). The Hall–Kier alpha value is -3.28. The van der Waals surface area contributed by atoms with Gasteiger partial charge < -0.3 is 19.4 Å². The van der Waals surface area contributed by atoms with Crippen LogP contribution >= 0.6 is 0 Å². The van der Waals surface area contributed by atoms with Gasteiger partial charge in [-0.3, -0.25) is 9.59 Å². The number of nitrogens with one attached hydrogen (secondary N) is 1. The van der Waals surface area contributed by atoms with Crippen LogP contribution in [-0.2, 0) is 11.3 Å². The summed E-state index contributed by atoms with van der Waals surface area (Å²) in [4.78, 5) is 25.3. The summed E-state index contributed by atoms with van der Waals surface area (Å²) in [5.74, 6) is 0.879. The van der Waals surface area contributed by atoms with Crippen molar-refractivity contribution < 1.29 is 19.1 Å². The SMILES string of the molecule is COc1ccc(OC)c(NC(=O)Cn2cc(C(=O)C(C)C)c3ccccc32)c1. The van der Waals surface area contributed by atoms with Gasteiger partial charge in [-0.15, -0.1) is 0 Å². The van der Waals surface area contributed by atoms with E-state index >= 15 is 0 Å². The number of ether oxygens (including phenoxy) is 2. The van der Waals surface area contributed by atoms with E-state index in [1.807, 2.05) is 38.1 Å². The minimum Gasteiger partial charge on any atom is -0.497 e. The van der Waals surface area contributed by atoms with Crippen molar-refractivity contribution in [1.29, 1.82) is 0 Å². The molecule has 0 saturated heterocycles. The predicted molar refractivity (Wildman–Crippen MR) is 109 cm³/mol. The third kappa shape index (κ3) is 3.86. The second-order valence-corrected chi connectivity index (χ2v) is 6.82. The molecule has 2 aromatic carbocycles. The van der Waals surface area contributed by atoms with E-state index in [0.717, 1.165) is 10.9 Å². The lowest BCUT2D eigenvalue weighted by molar-refractivity contribution is -0.116. The summed E-state index contributed by atoms with van der Waals surface area (Å²) in [5.41, 5.74) is 2.01. The molecule has 6 nitrogen and oxygen atoms in total. The zero-order valence-electron chi connectivity index (χ0n) is 16.5. The largest absolute Gasteiger partial charge is 0.497 e. The minimum absolute atomic E-state index is 0.0600. The number of aromatic nitrogens is 1. The van der Waals surface area contributed by atoms with Crippen LogP contribution in [0.15, 0.2) is 48.7 Å². The van der Waals surface area contributed by atoms with E-state index < -0.39 is 0 Å². The summed E-state index contributed by atoms with van der Waals surface area (Å²) in [6.07, 6.45) is 1.76. The van der Waals surface area contributed by atoms with Crippen LogP contribution in [0.25, 0.3) is 10.9 Å². The maximum atomic E-state index is 12.7. The summed E-state index contributed by atoms with van der Waals surface area (Å²) in [6, 6.07) is 12.8. The number of para-hydroxylation sites is 1. The number of nitrogens with zero attached hydrogens (tertiary/aromatic N) is 1. The Balaban J connectivity index is 1.89. The van der Waals surface area contributed by atoms with Crippen LogP contribution in [-0.4, -0.2) is 30.5 Å². The number of ketones is 1. The van der Waals surface area contributed by atoms with Crippen LogP contribution < -0.4 is 14.8 Å². The second kappa shape index (κ2) is 8.17. The lowest BCUT2D eigenvalue weighted by Crippen LogP contribution is -2.18. The number of Topliss-reactive ketones (excluding diaryl/α,β-unsaturated/α-hetero) is 1. The fraction of sp³-hybridized carbons (Fsp3) is 0.273. The first-order valence-electron chi connectivity index (χ1n) is 9.08. The molecule has 6 heteroatoms. The van der Waals surface area contributed by atoms with E-state index in [9.17, 15) is 9.59 Å². The molecule has 0 aliphatic carbocycles. The van der Waals surface area contributed by atoms with Crippen molar-refractivity contribution in [2.45, 2.75) is 20.4 Å². The molecule has 1 heterocycles. The van der Waals surface area contributed by atoms with Crippen molar-refractivity contribution in [2.75, 3.05) is 19.5 Å². The number of carbonyl (C=O) groups is 2. The molecule has 3 aromatic rings. The van der Waals surface area contributed by atoms with Gasteiger partial charge in [0.25, 0.3) is 0 Å². The normalized spacial score (nSPS) is 10.9. The lowest BCUT2D eigenvalue weighted by atomic mass is 10.0. The Kier molecular flexibility index (Phi) is 5.68. The predicted octanol–water partition coefficient (Wildman–Crippen LogP) is 4.14. The molecule has 0 spiro atoms. The molecule has 1 amide bonds. The zero-order chi connectivity index (χ0) is 20.3. The van der Waals surface area contributed by atoms with Crippen molar-refractivity contribution in [3.8, 4) is 11.5 Å². The lowest BCUT2D eigenvalue weighted by Gasteiger charge is -2.12. The van der Waals surface area contributed by atoms with Crippen LogP contribution in [0.2, 0.25) is 0 Å². The number of amides is 1. The van der Waals surface area contributed by atoms with Crippen LogP contribution in [0.3, 0.4) is 0 Å². The molecular weight excluding hydrogens is 356 g/mol. The van der Waals surface area contributed by atoms with Gasteiger partial charge in [-0.25, -0.2) is 0 Å². The maximum Gasteiger partial charge on any atom is 0.244 e. The first-order chi connectivity index (χ1) is 13.4. The van der Waals surface area contributed by atoms with Crippen molar-refractivity contribution in [3.05, 3.63) is 54.2 Å². The highest BCUT2D eigenvalue weighted by Gasteiger charge is 2.19. The van der Waals surface area contributed by atoms with Crippen LogP contribution in [0.4, 0.5) is 5.69 Å². The number of carbonyl (C=O) groups excluding carboxylic acids is 2. The molecule has 0 fully saturated rings. The smallest absolute Gasteiger partial charge is 0.244 e. The van der Waals surface area contributed by atoms with Crippen LogP contribution in [0.5, 0.6) is 11.5 Å². The van der Waals surface area contributed by atoms with E-state index in [2.05, 4.69) is 5.32 Å². The van der Waals surface area contributed by atoms with Gasteiger partial charge in [-0.2, -0.15) is 0 Å². The fourth-order valence-corrected chi connectivity index (χ4v) is 3.14. The van der Waals surface area contributed by atoms with Gasteiger partial charge in [-0.1, -0.05) is 32.0 Å².